The van der Waals surface area contributed by atoms with Crippen molar-refractivity contribution in [1.29, 1.82) is 5.26 Å². The van der Waals surface area contributed by atoms with Crippen molar-refractivity contribution in [1.82, 2.24) is 5.32 Å². The largest absolute Gasteiger partial charge is 0.386 e. The quantitative estimate of drug-likeness (QED) is 0.372. The predicted molar refractivity (Wildman–Crippen MR) is 112 cm³/mol. The van der Waals surface area contributed by atoms with E-state index >= 15 is 0 Å². The number of unbranched alkanes of at least 4 members (excludes halogenated alkanes) is 1. The SMILES string of the molecule is CCCCC(CC)COC(O)/C(C#N)=C1\C=C(NC(C)CC)CC(C)(C)C1. The molecule has 0 radical (unpaired) electrons. The Hall–Kier alpha value is -1.31. The Balaban J connectivity index is 2.94. The molecule has 0 saturated carbocycles. The maximum Gasteiger partial charge on any atom is 0.191 e. The van der Waals surface area contributed by atoms with Crippen LogP contribution in [0.2, 0.25) is 0 Å². The van der Waals surface area contributed by atoms with E-state index in [-0.39, 0.29) is 5.41 Å². The third-order valence-corrected chi connectivity index (χ3v) is 5.48. The molecule has 3 unspecified atom stereocenters. The Labute approximate surface area is 166 Å². The van der Waals surface area contributed by atoms with Crippen LogP contribution in [0.3, 0.4) is 0 Å². The molecule has 1 rings (SSSR count). The fraction of sp³-hybridized carbons (Fsp3) is 0.783. The average Bonchev–Trinajstić information content (AvgIpc) is 2.61. The Morgan fingerprint density at radius 2 is 2.00 bits per heavy atom. The summed E-state index contributed by atoms with van der Waals surface area (Å²) in [6.07, 6.45) is 8.15. The van der Waals surface area contributed by atoms with Crippen molar-refractivity contribution in [3.63, 3.8) is 0 Å². The van der Waals surface area contributed by atoms with Gasteiger partial charge in [-0.15, -0.1) is 0 Å². The molecule has 0 aliphatic heterocycles. The predicted octanol–water partition coefficient (Wildman–Crippen LogP) is 5.45. The molecule has 0 bridgehead atoms. The highest BCUT2D eigenvalue weighted by Crippen LogP contribution is 2.39. The first-order valence-corrected chi connectivity index (χ1v) is 10.7. The van der Waals surface area contributed by atoms with Gasteiger partial charge < -0.3 is 15.2 Å². The van der Waals surface area contributed by atoms with Gasteiger partial charge in [0.25, 0.3) is 0 Å². The minimum absolute atomic E-state index is 0.0504. The molecule has 1 aliphatic rings. The van der Waals surface area contributed by atoms with Gasteiger partial charge in [0.1, 0.15) is 6.07 Å². The number of hydrogen-bond acceptors (Lipinski definition) is 4. The highest BCUT2D eigenvalue weighted by molar-refractivity contribution is 5.41. The van der Waals surface area contributed by atoms with Gasteiger partial charge in [-0.05, 0) is 55.6 Å². The van der Waals surface area contributed by atoms with Gasteiger partial charge in [0.2, 0.25) is 0 Å². The molecular weight excluding hydrogens is 336 g/mol. The molecule has 3 atom stereocenters. The number of ether oxygens (including phenoxy) is 1. The van der Waals surface area contributed by atoms with Gasteiger partial charge in [-0.25, -0.2) is 0 Å². The number of rotatable bonds is 11. The molecule has 0 aromatic rings. The van der Waals surface area contributed by atoms with Crippen molar-refractivity contribution in [2.75, 3.05) is 6.61 Å². The molecule has 0 amide bonds. The summed E-state index contributed by atoms with van der Waals surface area (Å²) in [5, 5.41) is 23.8. The van der Waals surface area contributed by atoms with Gasteiger partial charge in [0.15, 0.2) is 6.29 Å². The van der Waals surface area contributed by atoms with E-state index in [0.717, 1.165) is 43.4 Å². The molecule has 0 saturated heterocycles. The van der Waals surface area contributed by atoms with Crippen LogP contribution in [0.5, 0.6) is 0 Å². The Bertz CT molecular complexity index is 557. The fourth-order valence-electron chi connectivity index (χ4n) is 3.58. The molecule has 0 fully saturated rings. The molecule has 4 heteroatoms. The van der Waals surface area contributed by atoms with Crippen LogP contribution in [0.25, 0.3) is 0 Å². The smallest absolute Gasteiger partial charge is 0.191 e. The number of aliphatic hydroxyl groups excluding tert-OH is 1. The number of nitriles is 1. The van der Waals surface area contributed by atoms with E-state index in [1.165, 1.54) is 12.8 Å². The maximum absolute atomic E-state index is 10.6. The second-order valence-corrected chi connectivity index (χ2v) is 8.79. The van der Waals surface area contributed by atoms with E-state index in [9.17, 15) is 10.4 Å². The van der Waals surface area contributed by atoms with E-state index in [0.29, 0.717) is 24.1 Å². The number of allylic oxidation sites excluding steroid dienone is 3. The minimum atomic E-state index is -1.14. The summed E-state index contributed by atoms with van der Waals surface area (Å²) in [6.45, 7) is 13.6. The summed E-state index contributed by atoms with van der Waals surface area (Å²) in [4.78, 5) is 0. The first kappa shape index (κ1) is 23.7. The lowest BCUT2D eigenvalue weighted by molar-refractivity contribution is -0.0831. The molecule has 27 heavy (non-hydrogen) atoms. The Kier molecular flexibility index (Phi) is 10.1. The Morgan fingerprint density at radius 1 is 1.30 bits per heavy atom. The molecule has 1 aliphatic carbocycles. The van der Waals surface area contributed by atoms with Crippen LogP contribution in [0, 0.1) is 22.7 Å². The van der Waals surface area contributed by atoms with Crippen molar-refractivity contribution in [3.05, 3.63) is 22.9 Å². The highest BCUT2D eigenvalue weighted by atomic mass is 16.6. The molecule has 0 spiro atoms. The lowest BCUT2D eigenvalue weighted by Crippen LogP contribution is -2.31. The van der Waals surface area contributed by atoms with E-state index in [4.69, 9.17) is 4.74 Å². The fourth-order valence-corrected chi connectivity index (χ4v) is 3.58. The summed E-state index contributed by atoms with van der Waals surface area (Å²) in [6, 6.07) is 2.61. The molecule has 0 aromatic carbocycles. The van der Waals surface area contributed by atoms with Crippen molar-refractivity contribution < 1.29 is 9.84 Å². The molecule has 2 N–H and O–H groups in total. The first-order valence-electron chi connectivity index (χ1n) is 10.7. The summed E-state index contributed by atoms with van der Waals surface area (Å²) >= 11 is 0. The van der Waals surface area contributed by atoms with Gasteiger partial charge in [0.05, 0.1) is 12.2 Å². The Morgan fingerprint density at radius 3 is 2.56 bits per heavy atom. The molecule has 4 nitrogen and oxygen atoms in total. The zero-order valence-electron chi connectivity index (χ0n) is 18.3. The summed E-state index contributed by atoms with van der Waals surface area (Å²) < 4.78 is 5.73. The third kappa shape index (κ3) is 8.07. The molecular formula is C23H40N2O2. The molecule has 0 heterocycles. The number of nitrogens with one attached hydrogen (secondary N) is 1. The van der Waals surface area contributed by atoms with Crippen LogP contribution < -0.4 is 5.32 Å². The van der Waals surface area contributed by atoms with Crippen LogP contribution in [-0.4, -0.2) is 24.0 Å². The third-order valence-electron chi connectivity index (χ3n) is 5.48. The lowest BCUT2D eigenvalue weighted by atomic mass is 9.76. The van der Waals surface area contributed by atoms with Crippen LogP contribution in [0.4, 0.5) is 0 Å². The summed E-state index contributed by atoms with van der Waals surface area (Å²) in [5.41, 5.74) is 2.45. The number of aliphatic hydroxyl groups is 1. The van der Waals surface area contributed by atoms with Crippen LogP contribution in [0.1, 0.15) is 86.5 Å². The zero-order chi connectivity index (χ0) is 20.4. The number of hydrogen-bond donors (Lipinski definition) is 2. The second-order valence-electron chi connectivity index (χ2n) is 8.79. The minimum Gasteiger partial charge on any atom is -0.386 e. The van der Waals surface area contributed by atoms with E-state index in [1.807, 2.05) is 0 Å². The zero-order valence-corrected chi connectivity index (χ0v) is 18.3. The summed E-state index contributed by atoms with van der Waals surface area (Å²) in [5.74, 6) is 0.436. The normalized spacial score (nSPS) is 21.6. The van der Waals surface area contributed by atoms with Crippen molar-refractivity contribution in [3.8, 4) is 6.07 Å². The monoisotopic (exact) mass is 376 g/mol. The highest BCUT2D eigenvalue weighted by Gasteiger charge is 2.29. The van der Waals surface area contributed by atoms with Crippen LogP contribution in [0.15, 0.2) is 22.9 Å². The first-order chi connectivity index (χ1) is 12.8. The van der Waals surface area contributed by atoms with Crippen LogP contribution in [-0.2, 0) is 4.74 Å². The standard InChI is InChI=1S/C23H40N2O2/c1-7-10-11-18(9-3)16-27-22(26)21(15-24)19-12-20(25-17(4)8-2)14-23(5,6)13-19/h12,17-18,22,25-26H,7-11,13-14,16H2,1-6H3/b21-19+. The lowest BCUT2D eigenvalue weighted by Gasteiger charge is -2.34. The average molecular weight is 377 g/mol. The van der Waals surface area contributed by atoms with Crippen molar-refractivity contribution >= 4 is 0 Å². The van der Waals surface area contributed by atoms with Gasteiger partial charge in [0, 0.05) is 11.7 Å². The van der Waals surface area contributed by atoms with Crippen molar-refractivity contribution in [2.45, 2.75) is 98.8 Å². The topological polar surface area (TPSA) is 65.3 Å². The molecule has 0 aromatic heterocycles. The van der Waals surface area contributed by atoms with E-state index in [2.05, 4.69) is 59.0 Å². The van der Waals surface area contributed by atoms with Gasteiger partial charge in [-0.2, -0.15) is 5.26 Å². The van der Waals surface area contributed by atoms with E-state index in [1.54, 1.807) is 0 Å². The number of nitrogens with zero attached hydrogens (tertiary/aromatic N) is 1. The van der Waals surface area contributed by atoms with Gasteiger partial charge in [-0.3, -0.25) is 0 Å². The maximum atomic E-state index is 10.6. The second kappa shape index (κ2) is 11.5. The molecule has 154 valence electrons. The van der Waals surface area contributed by atoms with Crippen LogP contribution >= 0.6 is 0 Å². The summed E-state index contributed by atoms with van der Waals surface area (Å²) in [7, 11) is 0. The van der Waals surface area contributed by atoms with Gasteiger partial charge in [-0.1, -0.05) is 53.9 Å². The van der Waals surface area contributed by atoms with Gasteiger partial charge >= 0.3 is 0 Å². The van der Waals surface area contributed by atoms with Crippen molar-refractivity contribution in [2.24, 2.45) is 11.3 Å². The van der Waals surface area contributed by atoms with E-state index < -0.39 is 6.29 Å².